The van der Waals surface area contributed by atoms with Gasteiger partial charge in [0, 0.05) is 18.7 Å². The zero-order valence-electron chi connectivity index (χ0n) is 14.9. The summed E-state index contributed by atoms with van der Waals surface area (Å²) < 4.78 is 19.2. The Kier molecular flexibility index (Phi) is 6.26. The van der Waals surface area contributed by atoms with Crippen LogP contribution in [-0.2, 0) is 11.3 Å². The summed E-state index contributed by atoms with van der Waals surface area (Å²) in [5, 5.41) is 3.05. The van der Waals surface area contributed by atoms with Gasteiger partial charge in [-0.3, -0.25) is 0 Å². The van der Waals surface area contributed by atoms with Gasteiger partial charge in [0.25, 0.3) is 0 Å². The average Bonchev–Trinajstić information content (AvgIpc) is 2.60. The number of benzene rings is 1. The number of nitrogens with one attached hydrogen (secondary N) is 1. The molecule has 2 saturated heterocycles. The molecule has 0 bridgehead atoms. The number of nitrogens with zero attached hydrogens (tertiary/aromatic N) is 2. The standard InChI is InChI=1S/C19H28FN3O2/c1-2-22-9-5-6-15(11-22)10-21-19(24)23-12-17(13-23)25-14-16-7-3-4-8-18(16)20/h3-4,7-8,15,17H,2,5-6,9-14H2,1H3,(H,21,24)/t15-/m1/s1. The normalized spacial score (nSPS) is 21.8. The summed E-state index contributed by atoms with van der Waals surface area (Å²) >= 11 is 0. The molecule has 0 radical (unpaired) electrons. The number of ether oxygens (including phenoxy) is 1. The molecule has 1 atom stereocenters. The maximum atomic E-state index is 13.5. The third kappa shape index (κ3) is 4.92. The van der Waals surface area contributed by atoms with Crippen LogP contribution in [0.1, 0.15) is 25.3 Å². The van der Waals surface area contributed by atoms with E-state index in [4.69, 9.17) is 4.74 Å². The molecule has 1 aromatic carbocycles. The second-order valence-electron chi connectivity index (χ2n) is 7.02. The summed E-state index contributed by atoms with van der Waals surface area (Å²) in [6, 6.07) is 6.61. The van der Waals surface area contributed by atoms with Crippen LogP contribution in [0.15, 0.2) is 24.3 Å². The zero-order chi connectivity index (χ0) is 17.6. The Labute approximate surface area is 149 Å². The molecule has 5 nitrogen and oxygen atoms in total. The number of carbonyl (C=O) groups is 1. The molecule has 2 aliphatic heterocycles. The molecule has 2 fully saturated rings. The van der Waals surface area contributed by atoms with Gasteiger partial charge in [-0.1, -0.05) is 25.1 Å². The molecular formula is C19H28FN3O2. The molecular weight excluding hydrogens is 321 g/mol. The summed E-state index contributed by atoms with van der Waals surface area (Å²) in [6.45, 7) is 7.66. The predicted molar refractivity (Wildman–Crippen MR) is 94.8 cm³/mol. The fourth-order valence-electron chi connectivity index (χ4n) is 3.48. The molecule has 0 unspecified atom stereocenters. The van der Waals surface area contributed by atoms with Crippen LogP contribution in [0.5, 0.6) is 0 Å². The minimum Gasteiger partial charge on any atom is -0.370 e. The van der Waals surface area contributed by atoms with Crippen molar-refractivity contribution >= 4 is 6.03 Å². The lowest BCUT2D eigenvalue weighted by molar-refractivity contribution is -0.0451. The van der Waals surface area contributed by atoms with Crippen LogP contribution in [0, 0.1) is 11.7 Å². The van der Waals surface area contributed by atoms with Gasteiger partial charge in [0.1, 0.15) is 5.82 Å². The van der Waals surface area contributed by atoms with Crippen molar-refractivity contribution in [1.29, 1.82) is 0 Å². The summed E-state index contributed by atoms with van der Waals surface area (Å²) in [7, 11) is 0. The molecule has 3 rings (SSSR count). The molecule has 25 heavy (non-hydrogen) atoms. The van der Waals surface area contributed by atoms with Crippen molar-refractivity contribution in [2.45, 2.75) is 32.5 Å². The quantitative estimate of drug-likeness (QED) is 0.858. The van der Waals surface area contributed by atoms with E-state index in [-0.39, 0.29) is 24.6 Å². The van der Waals surface area contributed by atoms with E-state index in [2.05, 4.69) is 17.1 Å². The Hall–Kier alpha value is -1.66. The third-order valence-electron chi connectivity index (χ3n) is 5.16. The highest BCUT2D eigenvalue weighted by molar-refractivity contribution is 5.75. The van der Waals surface area contributed by atoms with Crippen LogP contribution in [0.3, 0.4) is 0 Å². The first-order valence-electron chi connectivity index (χ1n) is 9.26. The number of piperidine rings is 1. The monoisotopic (exact) mass is 349 g/mol. The number of amides is 2. The number of urea groups is 1. The number of hydrogen-bond donors (Lipinski definition) is 1. The minimum atomic E-state index is -0.245. The Morgan fingerprint density at radius 2 is 2.12 bits per heavy atom. The van der Waals surface area contributed by atoms with Crippen molar-refractivity contribution in [1.82, 2.24) is 15.1 Å². The zero-order valence-corrected chi connectivity index (χ0v) is 14.9. The van der Waals surface area contributed by atoms with Crippen molar-refractivity contribution in [3.8, 4) is 0 Å². The highest BCUT2D eigenvalue weighted by Gasteiger charge is 2.31. The van der Waals surface area contributed by atoms with Crippen molar-refractivity contribution in [2.24, 2.45) is 5.92 Å². The Morgan fingerprint density at radius 3 is 2.88 bits per heavy atom. The highest BCUT2D eigenvalue weighted by Crippen LogP contribution is 2.17. The van der Waals surface area contributed by atoms with E-state index in [0.29, 0.717) is 24.6 Å². The molecule has 0 aliphatic carbocycles. The van der Waals surface area contributed by atoms with Crippen LogP contribution < -0.4 is 5.32 Å². The van der Waals surface area contributed by atoms with Crippen LogP contribution >= 0.6 is 0 Å². The summed E-state index contributed by atoms with van der Waals surface area (Å²) in [6.07, 6.45) is 2.39. The van der Waals surface area contributed by atoms with E-state index in [1.54, 1.807) is 23.1 Å². The lowest BCUT2D eigenvalue weighted by atomic mass is 9.98. The largest absolute Gasteiger partial charge is 0.370 e. The number of hydrogen-bond acceptors (Lipinski definition) is 3. The van der Waals surface area contributed by atoms with E-state index >= 15 is 0 Å². The maximum Gasteiger partial charge on any atom is 0.317 e. The summed E-state index contributed by atoms with van der Waals surface area (Å²) in [5.41, 5.74) is 0.558. The molecule has 2 aliphatic rings. The van der Waals surface area contributed by atoms with Gasteiger partial charge >= 0.3 is 6.03 Å². The second-order valence-corrected chi connectivity index (χ2v) is 7.02. The first-order valence-corrected chi connectivity index (χ1v) is 9.26. The van der Waals surface area contributed by atoms with Crippen molar-refractivity contribution in [3.63, 3.8) is 0 Å². The SMILES string of the molecule is CCN1CCC[C@H](CNC(=O)N2CC(OCc3ccccc3F)C2)C1. The topological polar surface area (TPSA) is 44.8 Å². The lowest BCUT2D eigenvalue weighted by Crippen LogP contribution is -2.58. The number of rotatable bonds is 6. The van der Waals surface area contributed by atoms with Gasteiger partial charge in [0.15, 0.2) is 0 Å². The molecule has 6 heteroatoms. The Balaban J connectivity index is 1.32. The van der Waals surface area contributed by atoms with E-state index < -0.39 is 0 Å². The van der Waals surface area contributed by atoms with Gasteiger partial charge in [-0.05, 0) is 37.9 Å². The minimum absolute atomic E-state index is 0.00406. The highest BCUT2D eigenvalue weighted by atomic mass is 19.1. The van der Waals surface area contributed by atoms with Crippen molar-refractivity contribution < 1.29 is 13.9 Å². The molecule has 0 spiro atoms. The number of halogens is 1. The third-order valence-corrected chi connectivity index (χ3v) is 5.16. The van der Waals surface area contributed by atoms with Crippen LogP contribution in [0.2, 0.25) is 0 Å². The second kappa shape index (κ2) is 8.63. The molecule has 138 valence electrons. The van der Waals surface area contributed by atoms with Crippen LogP contribution in [-0.4, -0.2) is 61.2 Å². The van der Waals surface area contributed by atoms with Crippen LogP contribution in [0.25, 0.3) is 0 Å². The Morgan fingerprint density at radius 1 is 1.32 bits per heavy atom. The molecule has 0 saturated carbocycles. The van der Waals surface area contributed by atoms with E-state index in [0.717, 1.165) is 19.6 Å². The van der Waals surface area contributed by atoms with Gasteiger partial charge < -0.3 is 19.9 Å². The van der Waals surface area contributed by atoms with Gasteiger partial charge in [0.2, 0.25) is 0 Å². The van der Waals surface area contributed by atoms with Gasteiger partial charge in [0.05, 0.1) is 25.8 Å². The van der Waals surface area contributed by atoms with Gasteiger partial charge in [-0.2, -0.15) is 0 Å². The molecule has 1 aromatic rings. The first-order chi connectivity index (χ1) is 12.2. The van der Waals surface area contributed by atoms with Crippen molar-refractivity contribution in [2.75, 3.05) is 39.3 Å². The predicted octanol–water partition coefficient (Wildman–Crippen LogP) is 2.47. The Bertz CT molecular complexity index is 578. The molecule has 2 heterocycles. The molecule has 0 aromatic heterocycles. The summed E-state index contributed by atoms with van der Waals surface area (Å²) in [4.78, 5) is 16.4. The van der Waals surface area contributed by atoms with E-state index in [1.165, 1.54) is 25.5 Å². The van der Waals surface area contributed by atoms with E-state index in [9.17, 15) is 9.18 Å². The van der Waals surface area contributed by atoms with Gasteiger partial charge in [-0.15, -0.1) is 0 Å². The van der Waals surface area contributed by atoms with Crippen molar-refractivity contribution in [3.05, 3.63) is 35.6 Å². The van der Waals surface area contributed by atoms with Gasteiger partial charge in [-0.25, -0.2) is 9.18 Å². The smallest absolute Gasteiger partial charge is 0.317 e. The maximum absolute atomic E-state index is 13.5. The fraction of sp³-hybridized carbons (Fsp3) is 0.632. The summed E-state index contributed by atoms with van der Waals surface area (Å²) in [5.74, 6) is 0.303. The first kappa shape index (κ1) is 18.1. The lowest BCUT2D eigenvalue weighted by Gasteiger charge is -2.39. The average molecular weight is 349 g/mol. The number of likely N-dealkylation sites (tertiary alicyclic amines) is 2. The van der Waals surface area contributed by atoms with E-state index in [1.807, 2.05) is 0 Å². The fourth-order valence-corrected chi connectivity index (χ4v) is 3.48. The molecule has 1 N–H and O–H groups in total. The molecule has 2 amide bonds. The van der Waals surface area contributed by atoms with Crippen LogP contribution in [0.4, 0.5) is 9.18 Å². The number of carbonyl (C=O) groups excluding carboxylic acids is 1.